The van der Waals surface area contributed by atoms with E-state index in [0.29, 0.717) is 0 Å². The van der Waals surface area contributed by atoms with Crippen LogP contribution in [0.1, 0.15) is 105 Å². The Hall–Kier alpha value is -0.497. The Bertz CT molecular complexity index is 905. The van der Waals surface area contributed by atoms with Crippen LogP contribution in [0.5, 0.6) is 11.5 Å². The van der Waals surface area contributed by atoms with Crippen LogP contribution in [0.3, 0.4) is 0 Å². The molecule has 0 amide bonds. The monoisotopic (exact) mass is 570 g/mol. The van der Waals surface area contributed by atoms with Gasteiger partial charge < -0.3 is 0 Å². The fraction of sp³-hybridized carbons (Fsp3) is 0.571. The molecule has 0 aliphatic heterocycles. The van der Waals surface area contributed by atoms with Gasteiger partial charge in [-0.1, -0.05) is 0 Å². The molecule has 0 aromatic heterocycles. The average molecular weight is 573 g/mol. The van der Waals surface area contributed by atoms with Crippen molar-refractivity contribution in [3.05, 3.63) is 58.7 Å². The quantitative estimate of drug-likeness (QED) is 0.363. The van der Waals surface area contributed by atoms with Crippen molar-refractivity contribution >= 4 is 17.0 Å². The Morgan fingerprint density at radius 2 is 0.818 bits per heavy atom. The van der Waals surface area contributed by atoms with Crippen LogP contribution in [0, 0.1) is 0 Å². The molecule has 2 rings (SSSR count). The zero-order chi connectivity index (χ0) is 25.6. The van der Waals surface area contributed by atoms with Crippen molar-refractivity contribution in [2.75, 3.05) is 0 Å². The molecule has 2 aromatic carbocycles. The molecule has 184 valence electrons. The van der Waals surface area contributed by atoms with E-state index in [4.69, 9.17) is 22.7 Å². The van der Waals surface area contributed by atoms with Crippen LogP contribution in [0.25, 0.3) is 0 Å². The van der Waals surface area contributed by atoms with E-state index in [1.807, 2.05) is 0 Å². The molecule has 2 nitrogen and oxygen atoms in total. The van der Waals surface area contributed by atoms with Crippen LogP contribution in [0.15, 0.2) is 36.4 Å². The van der Waals surface area contributed by atoms with Crippen molar-refractivity contribution in [2.45, 2.75) is 105 Å². The summed E-state index contributed by atoms with van der Waals surface area (Å²) in [6.07, 6.45) is 0. The molecule has 0 saturated heterocycles. The van der Waals surface area contributed by atoms with Crippen LogP contribution in [0.4, 0.5) is 0 Å². The summed E-state index contributed by atoms with van der Waals surface area (Å²) >= 11 is -4.51. The molecular weight excluding hydrogens is 530 g/mol. The second-order valence-electron chi connectivity index (χ2n) is 13.1. The Labute approximate surface area is 215 Å². The first kappa shape index (κ1) is 28.7. The van der Waals surface area contributed by atoms with Crippen LogP contribution in [0.2, 0.25) is 0 Å². The zero-order valence-corrected chi connectivity index (χ0v) is 26.5. The van der Waals surface area contributed by atoms with E-state index in [-0.39, 0.29) is 21.7 Å². The van der Waals surface area contributed by atoms with Crippen LogP contribution < -0.4 is 5.63 Å². The molecule has 0 bridgehead atoms. The number of hydrogen-bond donors (Lipinski definition) is 0. The van der Waals surface area contributed by atoms with Crippen LogP contribution in [-0.2, 0) is 40.4 Å². The fourth-order valence-electron chi connectivity index (χ4n) is 3.66. The van der Waals surface area contributed by atoms with Gasteiger partial charge in [-0.05, 0) is 0 Å². The number of rotatable bonds is 4. The average Bonchev–Trinajstić information content (AvgIpc) is 2.57. The molecule has 0 atom stereocenters. The number of halogens is 2. The van der Waals surface area contributed by atoms with Crippen molar-refractivity contribution in [3.8, 4) is 11.5 Å². The third-order valence-electron chi connectivity index (χ3n) is 5.77. The molecule has 0 fully saturated rings. The predicted molar refractivity (Wildman–Crippen MR) is 141 cm³/mol. The molecule has 0 radical (unpaired) electrons. The van der Waals surface area contributed by atoms with Gasteiger partial charge >= 0.3 is 216 Å². The molecule has 0 aliphatic rings. The van der Waals surface area contributed by atoms with Gasteiger partial charge in [-0.3, -0.25) is 0 Å². The fourth-order valence-corrected chi connectivity index (χ4v) is 7.82. The molecule has 33 heavy (non-hydrogen) atoms. The van der Waals surface area contributed by atoms with Crippen LogP contribution in [-0.4, -0.2) is 0 Å². The first-order valence-corrected chi connectivity index (χ1v) is 20.0. The van der Waals surface area contributed by atoms with Crippen molar-refractivity contribution in [2.24, 2.45) is 0 Å². The van der Waals surface area contributed by atoms with E-state index in [0.717, 1.165) is 22.6 Å². The molecular formula is C28H42Cl2O2Zr. The minimum absolute atomic E-state index is 0.0212. The summed E-state index contributed by atoms with van der Waals surface area (Å²) in [6, 6.07) is 12.8. The molecule has 0 aliphatic carbocycles. The maximum absolute atomic E-state index is 6.91. The summed E-state index contributed by atoms with van der Waals surface area (Å²) in [4.78, 5) is 0. The van der Waals surface area contributed by atoms with E-state index >= 15 is 0 Å². The number of hydrogen-bond acceptors (Lipinski definition) is 2. The van der Waals surface area contributed by atoms with E-state index in [2.05, 4.69) is 119 Å². The van der Waals surface area contributed by atoms with E-state index in [1.54, 1.807) is 0 Å². The van der Waals surface area contributed by atoms with Crippen LogP contribution >= 0.6 is 17.0 Å². The van der Waals surface area contributed by atoms with Gasteiger partial charge in [0, 0.05) is 0 Å². The van der Waals surface area contributed by atoms with Gasteiger partial charge in [-0.2, -0.15) is 0 Å². The Balaban J connectivity index is 2.55. The molecule has 0 saturated carbocycles. The standard InChI is InChI=1S/2C14H22O.2ClH.Zr/c2*1-13(2,3)10-7-8-11(12(15)9-10)14(4,5)6;;;/h2*7-9,15H,1-6H3;2*1H;/q;;;;+4/p-4. The van der Waals surface area contributed by atoms with Crippen molar-refractivity contribution in [1.29, 1.82) is 0 Å². The van der Waals surface area contributed by atoms with Gasteiger partial charge in [0.25, 0.3) is 0 Å². The van der Waals surface area contributed by atoms with Crippen molar-refractivity contribution < 1.29 is 24.4 Å². The second-order valence-corrected chi connectivity index (χ2v) is 23.4. The third kappa shape index (κ3) is 7.74. The Morgan fingerprint density at radius 3 is 1.06 bits per heavy atom. The van der Waals surface area contributed by atoms with E-state index in [9.17, 15) is 0 Å². The van der Waals surface area contributed by atoms with Gasteiger partial charge in [0.15, 0.2) is 0 Å². The third-order valence-corrected chi connectivity index (χ3v) is 9.84. The topological polar surface area (TPSA) is 18.5 Å². The summed E-state index contributed by atoms with van der Waals surface area (Å²) in [6.45, 7) is 26.1. The Kier molecular flexibility index (Phi) is 8.29. The summed E-state index contributed by atoms with van der Waals surface area (Å²) in [5.41, 5.74) is 4.20. The van der Waals surface area contributed by atoms with Gasteiger partial charge in [0.05, 0.1) is 0 Å². The SMILES string of the molecule is CC(C)(C)c1ccc(C(C)(C)C)c([O][Zr]([Cl])([Cl])[O]c2cc(C(C)(C)C)ccc2C(C)(C)C)c1. The van der Waals surface area contributed by atoms with E-state index in [1.165, 1.54) is 11.1 Å². The minimum atomic E-state index is -4.51. The second kappa shape index (κ2) is 9.51. The molecule has 0 N–H and O–H groups in total. The van der Waals surface area contributed by atoms with Gasteiger partial charge in [-0.15, -0.1) is 0 Å². The molecule has 5 heteroatoms. The Morgan fingerprint density at radius 1 is 0.515 bits per heavy atom. The van der Waals surface area contributed by atoms with E-state index < -0.39 is 18.8 Å². The van der Waals surface area contributed by atoms with Crippen molar-refractivity contribution in [3.63, 3.8) is 0 Å². The summed E-state index contributed by atoms with van der Waals surface area (Å²) in [7, 11) is 13.8. The first-order valence-electron chi connectivity index (χ1n) is 11.7. The molecule has 0 heterocycles. The number of benzene rings is 2. The predicted octanol–water partition coefficient (Wildman–Crippen LogP) is 9.63. The molecule has 0 spiro atoms. The summed E-state index contributed by atoms with van der Waals surface area (Å²) in [5, 5.41) is 0. The van der Waals surface area contributed by atoms with Gasteiger partial charge in [-0.25, -0.2) is 0 Å². The molecule has 2 aromatic rings. The van der Waals surface area contributed by atoms with Gasteiger partial charge in [0.2, 0.25) is 0 Å². The van der Waals surface area contributed by atoms with Crippen molar-refractivity contribution in [1.82, 2.24) is 0 Å². The first-order chi connectivity index (χ1) is 14.6. The summed E-state index contributed by atoms with van der Waals surface area (Å²) < 4.78 is 12.8. The normalized spacial score (nSPS) is 13.8. The summed E-state index contributed by atoms with van der Waals surface area (Å²) in [5.74, 6) is 1.44. The molecule has 0 unspecified atom stereocenters. The maximum atomic E-state index is 6.91. The van der Waals surface area contributed by atoms with Gasteiger partial charge in [0.1, 0.15) is 0 Å². The zero-order valence-electron chi connectivity index (χ0n) is 22.5.